The minimum Gasteiger partial charge on any atom is -0.481 e. The first-order chi connectivity index (χ1) is 13.0. The van der Waals surface area contributed by atoms with Crippen molar-refractivity contribution in [2.75, 3.05) is 24.3 Å². The number of hydrogen-bond acceptors (Lipinski definition) is 5. The van der Waals surface area contributed by atoms with Crippen LogP contribution in [0.5, 0.6) is 0 Å². The molecule has 138 valence electrons. The largest absolute Gasteiger partial charge is 0.481 e. The zero-order valence-corrected chi connectivity index (χ0v) is 15.4. The number of rotatable bonds is 7. The first-order valence-corrected chi connectivity index (χ1v) is 8.69. The van der Waals surface area contributed by atoms with Gasteiger partial charge in [-0.15, -0.1) is 0 Å². The Kier molecular flexibility index (Phi) is 5.66. The Bertz CT molecular complexity index is 923. The molecule has 0 saturated carbocycles. The van der Waals surface area contributed by atoms with Crippen LogP contribution in [0.3, 0.4) is 0 Å². The molecule has 0 fully saturated rings. The Hall–Kier alpha value is -3.41. The molecule has 2 N–H and O–H groups in total. The predicted octanol–water partition coefficient (Wildman–Crippen LogP) is 3.97. The van der Waals surface area contributed by atoms with Gasteiger partial charge in [0.25, 0.3) is 0 Å². The van der Waals surface area contributed by atoms with Gasteiger partial charge < -0.3 is 15.3 Å². The van der Waals surface area contributed by atoms with Gasteiger partial charge in [0.1, 0.15) is 12.1 Å². The number of benzene rings is 2. The van der Waals surface area contributed by atoms with E-state index in [9.17, 15) is 4.79 Å². The molecule has 2 aromatic carbocycles. The Morgan fingerprint density at radius 1 is 1.07 bits per heavy atom. The third kappa shape index (κ3) is 5.04. The fourth-order valence-corrected chi connectivity index (χ4v) is 2.69. The van der Waals surface area contributed by atoms with Gasteiger partial charge in [0.2, 0.25) is 0 Å². The zero-order valence-electron chi connectivity index (χ0n) is 15.4. The molecular weight excluding hydrogens is 340 g/mol. The summed E-state index contributed by atoms with van der Waals surface area (Å²) in [5.41, 5.74) is 4.82. The summed E-state index contributed by atoms with van der Waals surface area (Å²) < 4.78 is 0. The van der Waals surface area contributed by atoms with Gasteiger partial charge in [0.15, 0.2) is 0 Å². The molecule has 6 heteroatoms. The molecule has 0 aliphatic rings. The van der Waals surface area contributed by atoms with Gasteiger partial charge in [-0.1, -0.05) is 30.3 Å². The fourth-order valence-electron chi connectivity index (χ4n) is 2.69. The highest BCUT2D eigenvalue weighted by atomic mass is 16.4. The molecule has 0 amide bonds. The molecule has 3 aromatic rings. The maximum Gasteiger partial charge on any atom is 0.303 e. The first-order valence-electron chi connectivity index (χ1n) is 8.69. The van der Waals surface area contributed by atoms with E-state index in [1.54, 1.807) is 0 Å². The van der Waals surface area contributed by atoms with E-state index in [0.717, 1.165) is 28.2 Å². The van der Waals surface area contributed by atoms with Gasteiger partial charge in [-0.25, -0.2) is 9.97 Å². The van der Waals surface area contributed by atoms with E-state index < -0.39 is 5.97 Å². The summed E-state index contributed by atoms with van der Waals surface area (Å²) in [5, 5.41) is 12.1. The second-order valence-corrected chi connectivity index (χ2v) is 6.45. The van der Waals surface area contributed by atoms with Gasteiger partial charge in [0, 0.05) is 43.5 Å². The molecule has 0 spiro atoms. The van der Waals surface area contributed by atoms with Crippen LogP contribution in [0.1, 0.15) is 12.0 Å². The van der Waals surface area contributed by atoms with E-state index in [1.165, 1.54) is 6.33 Å². The summed E-state index contributed by atoms with van der Waals surface area (Å²) in [7, 11) is 4.00. The maximum atomic E-state index is 10.7. The van der Waals surface area contributed by atoms with Crippen LogP contribution in [0, 0.1) is 0 Å². The van der Waals surface area contributed by atoms with Gasteiger partial charge >= 0.3 is 5.97 Å². The second kappa shape index (κ2) is 8.31. The molecule has 3 rings (SSSR count). The van der Waals surface area contributed by atoms with Crippen molar-refractivity contribution in [3.63, 3.8) is 0 Å². The molecule has 0 bridgehead atoms. The molecular formula is C21H22N4O2. The molecule has 0 atom stereocenters. The smallest absolute Gasteiger partial charge is 0.303 e. The lowest BCUT2D eigenvalue weighted by Gasteiger charge is -2.14. The third-order valence-corrected chi connectivity index (χ3v) is 4.18. The average molecular weight is 362 g/mol. The van der Waals surface area contributed by atoms with E-state index in [-0.39, 0.29) is 6.42 Å². The Labute approximate surface area is 158 Å². The molecule has 6 nitrogen and oxygen atoms in total. The molecule has 0 unspecified atom stereocenters. The monoisotopic (exact) mass is 362 g/mol. The highest BCUT2D eigenvalue weighted by molar-refractivity contribution is 5.68. The SMILES string of the molecule is CN(C)c1cccc(Nc2cc(-c3ccc(CCC(=O)O)cc3)ncn2)c1. The van der Waals surface area contributed by atoms with E-state index in [0.29, 0.717) is 12.2 Å². The number of aryl methyl sites for hydroxylation is 1. The van der Waals surface area contributed by atoms with Crippen molar-refractivity contribution in [2.45, 2.75) is 12.8 Å². The van der Waals surface area contributed by atoms with Crippen LogP contribution in [0.2, 0.25) is 0 Å². The minimum absolute atomic E-state index is 0.132. The number of nitrogens with one attached hydrogen (secondary N) is 1. The summed E-state index contributed by atoms with van der Waals surface area (Å²) in [6.45, 7) is 0. The summed E-state index contributed by atoms with van der Waals surface area (Å²) in [5.74, 6) is -0.0743. The number of hydrogen-bond donors (Lipinski definition) is 2. The molecule has 0 aliphatic carbocycles. The van der Waals surface area contributed by atoms with Gasteiger partial charge in [0.05, 0.1) is 5.69 Å². The number of carboxylic acids is 1. The van der Waals surface area contributed by atoms with Crippen molar-refractivity contribution in [3.05, 3.63) is 66.5 Å². The van der Waals surface area contributed by atoms with E-state index in [1.807, 2.05) is 67.5 Å². The molecule has 0 saturated heterocycles. The molecule has 1 heterocycles. The van der Waals surface area contributed by atoms with Crippen LogP contribution in [-0.2, 0) is 11.2 Å². The van der Waals surface area contributed by atoms with E-state index >= 15 is 0 Å². The van der Waals surface area contributed by atoms with Crippen LogP contribution in [0.15, 0.2) is 60.9 Å². The summed E-state index contributed by atoms with van der Waals surface area (Å²) in [6.07, 6.45) is 2.19. The van der Waals surface area contributed by atoms with Crippen LogP contribution in [-0.4, -0.2) is 35.1 Å². The quantitative estimate of drug-likeness (QED) is 0.662. The predicted molar refractivity (Wildman–Crippen MR) is 107 cm³/mol. The molecule has 1 aromatic heterocycles. The Morgan fingerprint density at radius 2 is 1.85 bits per heavy atom. The summed E-state index contributed by atoms with van der Waals surface area (Å²) in [4.78, 5) is 21.4. The number of nitrogens with zero attached hydrogens (tertiary/aromatic N) is 3. The number of anilines is 3. The molecule has 0 radical (unpaired) electrons. The van der Waals surface area contributed by atoms with Gasteiger partial charge in [-0.05, 0) is 30.2 Å². The number of aliphatic carboxylic acids is 1. The summed E-state index contributed by atoms with van der Waals surface area (Å²) >= 11 is 0. The van der Waals surface area contributed by atoms with E-state index in [4.69, 9.17) is 5.11 Å². The fraction of sp³-hybridized carbons (Fsp3) is 0.190. The standard InChI is InChI=1S/C21H22N4O2/c1-25(2)18-5-3-4-17(12-18)24-20-13-19(22-14-23-20)16-9-6-15(7-10-16)8-11-21(26)27/h3-7,9-10,12-14H,8,11H2,1-2H3,(H,26,27)(H,22,23,24). The molecule has 27 heavy (non-hydrogen) atoms. The van der Waals surface area contributed by atoms with Crippen LogP contribution < -0.4 is 10.2 Å². The second-order valence-electron chi connectivity index (χ2n) is 6.45. The van der Waals surface area contributed by atoms with Crippen molar-refractivity contribution in [1.29, 1.82) is 0 Å². The Balaban J connectivity index is 1.75. The van der Waals surface area contributed by atoms with Gasteiger partial charge in [-0.3, -0.25) is 4.79 Å². The third-order valence-electron chi connectivity index (χ3n) is 4.18. The van der Waals surface area contributed by atoms with Crippen LogP contribution in [0.25, 0.3) is 11.3 Å². The average Bonchev–Trinajstić information content (AvgIpc) is 2.67. The number of aromatic nitrogens is 2. The van der Waals surface area contributed by atoms with Crippen molar-refractivity contribution in [2.24, 2.45) is 0 Å². The number of carboxylic acid groups (broad SMARTS) is 1. The number of carbonyl (C=O) groups is 1. The van der Waals surface area contributed by atoms with Crippen molar-refractivity contribution in [1.82, 2.24) is 9.97 Å². The molecule has 0 aliphatic heterocycles. The van der Waals surface area contributed by atoms with Crippen LogP contribution in [0.4, 0.5) is 17.2 Å². The lowest BCUT2D eigenvalue weighted by atomic mass is 10.1. The maximum absolute atomic E-state index is 10.7. The lowest BCUT2D eigenvalue weighted by molar-refractivity contribution is -0.136. The van der Waals surface area contributed by atoms with Crippen molar-refractivity contribution < 1.29 is 9.90 Å². The highest BCUT2D eigenvalue weighted by Crippen LogP contribution is 2.24. The van der Waals surface area contributed by atoms with Gasteiger partial charge in [-0.2, -0.15) is 0 Å². The summed E-state index contributed by atoms with van der Waals surface area (Å²) in [6, 6.07) is 17.8. The topological polar surface area (TPSA) is 78.4 Å². The van der Waals surface area contributed by atoms with E-state index in [2.05, 4.69) is 21.4 Å². The normalized spacial score (nSPS) is 10.4. The lowest BCUT2D eigenvalue weighted by Crippen LogP contribution is -2.08. The Morgan fingerprint density at radius 3 is 2.56 bits per heavy atom. The van der Waals surface area contributed by atoms with Crippen molar-refractivity contribution in [3.8, 4) is 11.3 Å². The first kappa shape index (κ1) is 18.4. The van der Waals surface area contributed by atoms with Crippen LogP contribution >= 0.6 is 0 Å². The van der Waals surface area contributed by atoms with Crippen molar-refractivity contribution >= 4 is 23.2 Å². The highest BCUT2D eigenvalue weighted by Gasteiger charge is 2.05. The minimum atomic E-state index is -0.788. The zero-order chi connectivity index (χ0) is 19.2.